The fraction of sp³-hybridized carbons (Fsp3) is 0.136. The van der Waals surface area contributed by atoms with Gasteiger partial charge in [-0.2, -0.15) is 0 Å². The summed E-state index contributed by atoms with van der Waals surface area (Å²) in [6.45, 7) is 0. The summed E-state index contributed by atoms with van der Waals surface area (Å²) >= 11 is 7.82. The Hall–Kier alpha value is -2.63. The van der Waals surface area contributed by atoms with Crippen molar-refractivity contribution in [2.24, 2.45) is 0 Å². The van der Waals surface area contributed by atoms with Crippen molar-refractivity contribution in [1.29, 1.82) is 0 Å². The first-order chi connectivity index (χ1) is 13.6. The Kier molecular flexibility index (Phi) is 6.85. The second-order valence-corrected chi connectivity index (χ2v) is 7.34. The van der Waals surface area contributed by atoms with Gasteiger partial charge in [-0.15, -0.1) is 11.8 Å². The van der Waals surface area contributed by atoms with E-state index in [-0.39, 0.29) is 5.91 Å². The van der Waals surface area contributed by atoms with Crippen molar-refractivity contribution in [3.8, 4) is 11.5 Å². The number of benzene rings is 3. The Bertz CT molecular complexity index is 963. The Labute approximate surface area is 173 Å². The first-order valence-electron chi connectivity index (χ1n) is 8.61. The Morgan fingerprint density at radius 1 is 0.964 bits per heavy atom. The summed E-state index contributed by atoms with van der Waals surface area (Å²) in [4.78, 5) is 13.8. The third kappa shape index (κ3) is 4.80. The van der Waals surface area contributed by atoms with E-state index in [9.17, 15) is 4.79 Å². The minimum Gasteiger partial charge on any atom is -0.495 e. The topological polar surface area (TPSA) is 47.6 Å². The van der Waals surface area contributed by atoms with E-state index in [4.69, 9.17) is 21.1 Å². The number of thioether (sulfide) groups is 1. The summed E-state index contributed by atoms with van der Waals surface area (Å²) in [7, 11) is 3.06. The molecule has 0 saturated carbocycles. The second-order valence-electron chi connectivity index (χ2n) is 5.91. The molecule has 0 fully saturated rings. The van der Waals surface area contributed by atoms with Gasteiger partial charge < -0.3 is 14.8 Å². The van der Waals surface area contributed by atoms with E-state index in [1.807, 2.05) is 36.4 Å². The quantitative estimate of drug-likeness (QED) is 0.490. The lowest BCUT2D eigenvalue weighted by Gasteiger charge is -2.14. The van der Waals surface area contributed by atoms with Gasteiger partial charge in [0.05, 0.1) is 30.5 Å². The van der Waals surface area contributed by atoms with Crippen molar-refractivity contribution in [1.82, 2.24) is 0 Å². The van der Waals surface area contributed by atoms with Gasteiger partial charge in [-0.05, 0) is 23.8 Å². The number of hydrogen-bond donors (Lipinski definition) is 1. The monoisotopic (exact) mass is 413 g/mol. The molecule has 28 heavy (non-hydrogen) atoms. The molecular weight excluding hydrogens is 394 g/mol. The van der Waals surface area contributed by atoms with Crippen molar-refractivity contribution in [2.75, 3.05) is 19.5 Å². The molecule has 0 heterocycles. The van der Waals surface area contributed by atoms with Crippen LogP contribution >= 0.6 is 23.4 Å². The summed E-state index contributed by atoms with van der Waals surface area (Å²) in [5, 5.41) is 3.29. The number of hydrogen-bond acceptors (Lipinski definition) is 4. The SMILES string of the molecule is COc1cc(OC)c(NC(=O)c2ccccc2SCc2ccccc2)cc1Cl. The molecule has 3 rings (SSSR count). The average Bonchev–Trinajstić information content (AvgIpc) is 2.73. The highest BCUT2D eigenvalue weighted by molar-refractivity contribution is 7.98. The maximum Gasteiger partial charge on any atom is 0.256 e. The largest absolute Gasteiger partial charge is 0.495 e. The number of nitrogens with one attached hydrogen (secondary N) is 1. The van der Waals surface area contributed by atoms with E-state index in [2.05, 4.69) is 17.4 Å². The Morgan fingerprint density at radius 2 is 1.64 bits per heavy atom. The maximum absolute atomic E-state index is 12.9. The van der Waals surface area contributed by atoms with Gasteiger partial charge in [0.25, 0.3) is 5.91 Å². The maximum atomic E-state index is 12.9. The average molecular weight is 414 g/mol. The molecule has 3 aromatic carbocycles. The molecule has 0 aliphatic heterocycles. The zero-order valence-corrected chi connectivity index (χ0v) is 17.1. The van der Waals surface area contributed by atoms with E-state index in [0.29, 0.717) is 27.8 Å². The molecule has 0 aliphatic rings. The van der Waals surface area contributed by atoms with Crippen LogP contribution in [-0.4, -0.2) is 20.1 Å². The first-order valence-corrected chi connectivity index (χ1v) is 9.97. The van der Waals surface area contributed by atoms with Crippen molar-refractivity contribution < 1.29 is 14.3 Å². The molecule has 1 amide bonds. The van der Waals surface area contributed by atoms with Gasteiger partial charge >= 0.3 is 0 Å². The van der Waals surface area contributed by atoms with Gasteiger partial charge in [0.2, 0.25) is 0 Å². The summed E-state index contributed by atoms with van der Waals surface area (Å²) < 4.78 is 10.6. The molecule has 6 heteroatoms. The summed E-state index contributed by atoms with van der Waals surface area (Å²) in [5.74, 6) is 1.51. The highest BCUT2D eigenvalue weighted by atomic mass is 35.5. The van der Waals surface area contributed by atoms with Crippen LogP contribution in [0.2, 0.25) is 5.02 Å². The number of halogens is 1. The van der Waals surface area contributed by atoms with Crippen LogP contribution in [0, 0.1) is 0 Å². The van der Waals surface area contributed by atoms with E-state index < -0.39 is 0 Å². The zero-order chi connectivity index (χ0) is 19.9. The Balaban J connectivity index is 1.81. The van der Waals surface area contributed by atoms with Gasteiger partial charge in [-0.3, -0.25) is 4.79 Å². The normalized spacial score (nSPS) is 10.4. The second kappa shape index (κ2) is 9.53. The molecule has 1 N–H and O–H groups in total. The first kappa shape index (κ1) is 20.1. The molecule has 0 aromatic heterocycles. The summed E-state index contributed by atoms with van der Waals surface area (Å²) in [6.07, 6.45) is 0. The van der Waals surface area contributed by atoms with Gasteiger partial charge in [0.1, 0.15) is 11.5 Å². The van der Waals surface area contributed by atoms with E-state index in [1.54, 1.807) is 30.0 Å². The lowest BCUT2D eigenvalue weighted by molar-refractivity contribution is 0.102. The standard InChI is InChI=1S/C22H20ClNO3S/c1-26-19-13-20(27-2)18(12-17(19)23)24-22(25)16-10-6-7-11-21(16)28-14-15-8-4-3-5-9-15/h3-13H,14H2,1-2H3,(H,24,25). The number of amides is 1. The van der Waals surface area contributed by atoms with E-state index >= 15 is 0 Å². The van der Waals surface area contributed by atoms with Crippen LogP contribution in [0.4, 0.5) is 5.69 Å². The summed E-state index contributed by atoms with van der Waals surface area (Å²) in [6, 6.07) is 20.9. The van der Waals surface area contributed by atoms with Crippen LogP contribution < -0.4 is 14.8 Å². The van der Waals surface area contributed by atoms with Crippen LogP contribution in [-0.2, 0) is 5.75 Å². The molecular formula is C22H20ClNO3S. The molecule has 0 saturated heterocycles. The molecule has 0 radical (unpaired) electrons. The molecule has 4 nitrogen and oxygen atoms in total. The van der Waals surface area contributed by atoms with Crippen LogP contribution in [0.15, 0.2) is 71.6 Å². The van der Waals surface area contributed by atoms with Crippen molar-refractivity contribution in [3.05, 3.63) is 82.9 Å². The third-order valence-electron chi connectivity index (χ3n) is 4.09. The molecule has 0 aliphatic carbocycles. The van der Waals surface area contributed by atoms with Gasteiger partial charge in [-0.25, -0.2) is 0 Å². The van der Waals surface area contributed by atoms with E-state index in [1.165, 1.54) is 19.8 Å². The molecule has 144 valence electrons. The van der Waals surface area contributed by atoms with Crippen LogP contribution in [0.1, 0.15) is 15.9 Å². The lowest BCUT2D eigenvalue weighted by atomic mass is 10.2. The zero-order valence-electron chi connectivity index (χ0n) is 15.6. The highest BCUT2D eigenvalue weighted by Gasteiger charge is 2.16. The van der Waals surface area contributed by atoms with Crippen LogP contribution in [0.3, 0.4) is 0 Å². The van der Waals surface area contributed by atoms with Crippen molar-refractivity contribution in [3.63, 3.8) is 0 Å². The number of anilines is 1. The number of carbonyl (C=O) groups is 1. The minimum absolute atomic E-state index is 0.226. The van der Waals surface area contributed by atoms with Gasteiger partial charge in [0, 0.05) is 16.7 Å². The highest BCUT2D eigenvalue weighted by Crippen LogP contribution is 2.36. The van der Waals surface area contributed by atoms with Crippen LogP contribution in [0.25, 0.3) is 0 Å². The van der Waals surface area contributed by atoms with Crippen molar-refractivity contribution >= 4 is 35.0 Å². The lowest BCUT2D eigenvalue weighted by Crippen LogP contribution is -2.14. The summed E-state index contributed by atoms with van der Waals surface area (Å²) in [5.41, 5.74) is 2.28. The third-order valence-corrected chi connectivity index (χ3v) is 5.53. The molecule has 0 atom stereocenters. The number of methoxy groups -OCH3 is 2. The van der Waals surface area contributed by atoms with Gasteiger partial charge in [0.15, 0.2) is 0 Å². The minimum atomic E-state index is -0.226. The fourth-order valence-electron chi connectivity index (χ4n) is 2.66. The predicted molar refractivity (Wildman–Crippen MR) is 115 cm³/mol. The fourth-order valence-corrected chi connectivity index (χ4v) is 3.91. The van der Waals surface area contributed by atoms with Crippen LogP contribution in [0.5, 0.6) is 11.5 Å². The predicted octanol–water partition coefficient (Wildman–Crippen LogP) is 5.90. The number of ether oxygens (including phenoxy) is 2. The number of rotatable bonds is 7. The molecule has 3 aromatic rings. The Morgan fingerprint density at radius 3 is 2.36 bits per heavy atom. The molecule has 0 unspecified atom stereocenters. The molecule has 0 spiro atoms. The van der Waals surface area contributed by atoms with Gasteiger partial charge in [-0.1, -0.05) is 54.1 Å². The smallest absolute Gasteiger partial charge is 0.256 e. The molecule has 0 bridgehead atoms. The number of carbonyl (C=O) groups excluding carboxylic acids is 1. The van der Waals surface area contributed by atoms with E-state index in [0.717, 1.165) is 10.6 Å². The van der Waals surface area contributed by atoms with Crippen molar-refractivity contribution in [2.45, 2.75) is 10.6 Å².